The summed E-state index contributed by atoms with van der Waals surface area (Å²) in [5, 5.41) is 0. The quantitative estimate of drug-likeness (QED) is 0.568. The molecule has 2 N–H and O–H groups in total. The van der Waals surface area contributed by atoms with Crippen molar-refractivity contribution < 1.29 is 14.0 Å². The molecule has 0 saturated carbocycles. The highest BCUT2D eigenvalue weighted by molar-refractivity contribution is 5.77. The minimum Gasteiger partial charge on any atom is -0.300 e. The largest absolute Gasteiger partial charge is 0.300 e. The molecule has 1 aromatic rings. The van der Waals surface area contributed by atoms with Gasteiger partial charge in [0, 0.05) is 5.56 Å². The van der Waals surface area contributed by atoms with Gasteiger partial charge in [-0.2, -0.15) is 0 Å². The molecule has 3 nitrogen and oxygen atoms in total. The van der Waals surface area contributed by atoms with Gasteiger partial charge < -0.3 is 0 Å². The fraction of sp³-hybridized carbons (Fsp3) is 0.222. The second-order valence-corrected chi connectivity index (χ2v) is 2.73. The molecular formula is C9H10FNO2. The summed E-state index contributed by atoms with van der Waals surface area (Å²) in [7, 11) is 0. The third-order valence-corrected chi connectivity index (χ3v) is 1.79. The molecule has 0 aliphatic carbocycles. The van der Waals surface area contributed by atoms with Gasteiger partial charge >= 0.3 is 0 Å². The summed E-state index contributed by atoms with van der Waals surface area (Å²) < 4.78 is 13.0. The van der Waals surface area contributed by atoms with E-state index in [0.717, 1.165) is 0 Å². The summed E-state index contributed by atoms with van der Waals surface area (Å²) in [6, 6.07) is 2.72. The van der Waals surface area contributed by atoms with Gasteiger partial charge in [-0.05, 0) is 24.1 Å². The fourth-order valence-electron chi connectivity index (χ4n) is 1.08. The topological polar surface area (TPSA) is 52.3 Å². The highest BCUT2D eigenvalue weighted by atomic mass is 19.1. The van der Waals surface area contributed by atoms with E-state index in [1.54, 1.807) is 13.0 Å². The number of carbonyl (C=O) groups excluding carboxylic acids is 1. The van der Waals surface area contributed by atoms with Crippen LogP contribution in [0.1, 0.15) is 21.5 Å². The van der Waals surface area contributed by atoms with E-state index in [4.69, 9.17) is 5.90 Å². The highest BCUT2D eigenvalue weighted by Crippen LogP contribution is 2.14. The van der Waals surface area contributed by atoms with Crippen LogP contribution in [0.3, 0.4) is 0 Å². The van der Waals surface area contributed by atoms with Crippen LogP contribution in [-0.4, -0.2) is 6.29 Å². The van der Waals surface area contributed by atoms with Crippen LogP contribution in [-0.2, 0) is 11.4 Å². The molecule has 13 heavy (non-hydrogen) atoms. The number of hydrogen-bond donors (Lipinski definition) is 1. The number of carbonyl (C=O) groups is 1. The Kier molecular flexibility index (Phi) is 3.11. The normalized spacial score (nSPS) is 10.1. The van der Waals surface area contributed by atoms with E-state index in [9.17, 15) is 9.18 Å². The Hall–Kier alpha value is -1.26. The van der Waals surface area contributed by atoms with Crippen molar-refractivity contribution in [2.75, 3.05) is 0 Å². The lowest BCUT2D eigenvalue weighted by atomic mass is 10.1. The zero-order valence-corrected chi connectivity index (χ0v) is 7.21. The number of nitrogens with two attached hydrogens (primary N) is 1. The predicted molar refractivity (Wildman–Crippen MR) is 45.5 cm³/mol. The molecule has 0 spiro atoms. The molecule has 0 radical (unpaired) electrons. The van der Waals surface area contributed by atoms with Crippen LogP contribution in [0.2, 0.25) is 0 Å². The monoisotopic (exact) mass is 183 g/mol. The Morgan fingerprint density at radius 3 is 2.85 bits per heavy atom. The lowest BCUT2D eigenvalue weighted by Gasteiger charge is -2.05. The van der Waals surface area contributed by atoms with Gasteiger partial charge in [0.15, 0.2) is 6.29 Å². The Morgan fingerprint density at radius 2 is 2.31 bits per heavy atom. The lowest BCUT2D eigenvalue weighted by Crippen LogP contribution is -2.03. The minimum absolute atomic E-state index is 0.106. The molecule has 1 aromatic carbocycles. The average molecular weight is 183 g/mol. The summed E-state index contributed by atoms with van der Waals surface area (Å²) >= 11 is 0. The number of aldehydes is 1. The molecule has 0 atom stereocenters. The van der Waals surface area contributed by atoms with Crippen LogP contribution in [0.25, 0.3) is 0 Å². The molecule has 0 bridgehead atoms. The number of hydrogen-bond acceptors (Lipinski definition) is 3. The van der Waals surface area contributed by atoms with Crippen LogP contribution in [0.5, 0.6) is 0 Å². The first-order valence-electron chi connectivity index (χ1n) is 3.75. The Labute approximate surface area is 75.3 Å². The Bertz CT molecular complexity index is 326. The van der Waals surface area contributed by atoms with E-state index in [2.05, 4.69) is 4.84 Å². The minimum atomic E-state index is -0.400. The molecule has 0 aliphatic rings. The summed E-state index contributed by atoms with van der Waals surface area (Å²) in [4.78, 5) is 14.9. The molecule has 0 unspecified atom stereocenters. The van der Waals surface area contributed by atoms with Gasteiger partial charge in [-0.1, -0.05) is 6.07 Å². The highest BCUT2D eigenvalue weighted by Gasteiger charge is 2.06. The van der Waals surface area contributed by atoms with Crippen LogP contribution in [0, 0.1) is 12.7 Å². The Morgan fingerprint density at radius 1 is 1.62 bits per heavy atom. The van der Waals surface area contributed by atoms with Gasteiger partial charge in [-0.3, -0.25) is 9.63 Å². The van der Waals surface area contributed by atoms with Crippen molar-refractivity contribution in [3.8, 4) is 0 Å². The molecular weight excluding hydrogens is 173 g/mol. The number of benzene rings is 1. The first-order valence-corrected chi connectivity index (χ1v) is 3.75. The first-order chi connectivity index (χ1) is 6.19. The predicted octanol–water partition coefficient (Wildman–Crippen LogP) is 1.34. The van der Waals surface area contributed by atoms with E-state index in [-0.39, 0.29) is 12.2 Å². The fourth-order valence-corrected chi connectivity index (χ4v) is 1.08. The molecule has 70 valence electrons. The van der Waals surface area contributed by atoms with Crippen molar-refractivity contribution in [1.82, 2.24) is 0 Å². The maximum Gasteiger partial charge on any atom is 0.150 e. The van der Waals surface area contributed by atoms with Gasteiger partial charge in [-0.25, -0.2) is 10.3 Å². The van der Waals surface area contributed by atoms with Crippen molar-refractivity contribution in [2.24, 2.45) is 5.90 Å². The maximum atomic E-state index is 13.0. The summed E-state index contributed by atoms with van der Waals surface area (Å²) in [6.07, 6.45) is 0.580. The van der Waals surface area contributed by atoms with Crippen molar-refractivity contribution in [1.29, 1.82) is 0 Å². The molecule has 4 heteroatoms. The van der Waals surface area contributed by atoms with E-state index < -0.39 is 5.82 Å². The maximum absolute atomic E-state index is 13.0. The van der Waals surface area contributed by atoms with Crippen molar-refractivity contribution in [3.63, 3.8) is 0 Å². The molecule has 0 saturated heterocycles. The van der Waals surface area contributed by atoms with Crippen LogP contribution < -0.4 is 5.90 Å². The second kappa shape index (κ2) is 4.11. The van der Waals surface area contributed by atoms with Crippen molar-refractivity contribution in [3.05, 3.63) is 34.6 Å². The molecule has 1 rings (SSSR count). The Balaban J connectivity index is 3.16. The van der Waals surface area contributed by atoms with Gasteiger partial charge in [0.25, 0.3) is 0 Å². The summed E-state index contributed by atoms with van der Waals surface area (Å²) in [5.41, 5.74) is 1.34. The second-order valence-electron chi connectivity index (χ2n) is 2.73. The van der Waals surface area contributed by atoms with E-state index in [0.29, 0.717) is 17.4 Å². The van der Waals surface area contributed by atoms with E-state index in [1.165, 1.54) is 6.07 Å². The number of aryl methyl sites for hydroxylation is 1. The molecule has 0 fully saturated rings. The molecule has 0 heterocycles. The third kappa shape index (κ3) is 2.11. The first kappa shape index (κ1) is 9.83. The van der Waals surface area contributed by atoms with Crippen LogP contribution >= 0.6 is 0 Å². The van der Waals surface area contributed by atoms with Crippen LogP contribution in [0.15, 0.2) is 12.1 Å². The smallest absolute Gasteiger partial charge is 0.150 e. The van der Waals surface area contributed by atoms with Gasteiger partial charge in [0.2, 0.25) is 0 Å². The average Bonchev–Trinajstić information content (AvgIpc) is 2.11. The molecule has 0 aromatic heterocycles. The van der Waals surface area contributed by atoms with Gasteiger partial charge in [0.05, 0.1) is 6.61 Å². The summed E-state index contributed by atoms with van der Waals surface area (Å²) in [6.45, 7) is 1.72. The zero-order chi connectivity index (χ0) is 9.84. The molecule has 0 amide bonds. The van der Waals surface area contributed by atoms with Crippen LogP contribution in [0.4, 0.5) is 4.39 Å². The summed E-state index contributed by atoms with van der Waals surface area (Å²) in [5.74, 6) is 4.46. The van der Waals surface area contributed by atoms with Crippen molar-refractivity contribution >= 4 is 6.29 Å². The number of rotatable bonds is 3. The van der Waals surface area contributed by atoms with E-state index in [1.807, 2.05) is 0 Å². The standard InChI is InChI=1S/C9H10FNO2/c1-6-2-8(5-13-11)7(4-12)3-9(6)10/h2-4H,5,11H2,1H3. The lowest BCUT2D eigenvalue weighted by molar-refractivity contribution is 0.110. The van der Waals surface area contributed by atoms with Gasteiger partial charge in [0.1, 0.15) is 5.82 Å². The molecule has 0 aliphatic heterocycles. The third-order valence-electron chi connectivity index (χ3n) is 1.79. The van der Waals surface area contributed by atoms with E-state index >= 15 is 0 Å². The van der Waals surface area contributed by atoms with Gasteiger partial charge in [-0.15, -0.1) is 0 Å². The number of halogens is 1. The zero-order valence-electron chi connectivity index (χ0n) is 7.21. The van der Waals surface area contributed by atoms with Crippen molar-refractivity contribution in [2.45, 2.75) is 13.5 Å². The SMILES string of the molecule is Cc1cc(CON)c(C=O)cc1F.